The van der Waals surface area contributed by atoms with Crippen LogP contribution in [-0.4, -0.2) is 5.91 Å². The van der Waals surface area contributed by atoms with Crippen LogP contribution >= 0.6 is 0 Å². The molecule has 1 N–H and O–H groups in total. The van der Waals surface area contributed by atoms with Crippen LogP contribution in [0.15, 0.2) is 24.3 Å². The number of hydrogen-bond acceptors (Lipinski definition) is 2. The van der Waals surface area contributed by atoms with Crippen molar-refractivity contribution in [3.05, 3.63) is 29.8 Å². The van der Waals surface area contributed by atoms with Gasteiger partial charge in [0.05, 0.1) is 12.0 Å². The van der Waals surface area contributed by atoms with Crippen LogP contribution in [-0.2, 0) is 10.2 Å². The summed E-state index contributed by atoms with van der Waals surface area (Å²) in [7, 11) is 0. The van der Waals surface area contributed by atoms with E-state index in [4.69, 9.17) is 5.26 Å². The number of anilines is 1. The summed E-state index contributed by atoms with van der Waals surface area (Å²) < 4.78 is 0. The lowest BCUT2D eigenvalue weighted by Crippen LogP contribution is -2.15. The van der Waals surface area contributed by atoms with Crippen LogP contribution in [0.25, 0.3) is 0 Å². The minimum absolute atomic E-state index is 0.109. The molecule has 0 saturated carbocycles. The van der Waals surface area contributed by atoms with Crippen LogP contribution in [0.3, 0.4) is 0 Å². The van der Waals surface area contributed by atoms with E-state index in [0.717, 1.165) is 5.69 Å². The highest BCUT2D eigenvalue weighted by Gasteiger charge is 2.13. The van der Waals surface area contributed by atoms with Crippen molar-refractivity contribution in [3.8, 4) is 6.07 Å². The minimum atomic E-state index is -0.251. The van der Waals surface area contributed by atoms with Crippen LogP contribution in [0.2, 0.25) is 0 Å². The molecule has 18 heavy (non-hydrogen) atoms. The molecule has 0 aromatic heterocycles. The summed E-state index contributed by atoms with van der Waals surface area (Å²) in [5, 5.41) is 11.4. The summed E-state index contributed by atoms with van der Waals surface area (Å²) >= 11 is 0. The van der Waals surface area contributed by atoms with Crippen LogP contribution in [0.5, 0.6) is 0 Å². The minimum Gasteiger partial charge on any atom is -0.326 e. The molecule has 3 heteroatoms. The first-order chi connectivity index (χ1) is 8.32. The SMILES string of the molecule is CC(C#N)CC(=O)Nc1ccc(C(C)(C)C)cc1. The fourth-order valence-electron chi connectivity index (χ4n) is 1.59. The molecule has 1 aromatic carbocycles. The molecule has 0 aliphatic rings. The second-order valence-corrected chi connectivity index (χ2v) is 5.61. The van der Waals surface area contributed by atoms with Gasteiger partial charge in [-0.15, -0.1) is 0 Å². The maximum absolute atomic E-state index is 11.6. The predicted molar refractivity (Wildman–Crippen MR) is 73.2 cm³/mol. The standard InChI is InChI=1S/C15H20N2O/c1-11(10-16)9-14(18)17-13-7-5-12(6-8-13)15(2,3)4/h5-8,11H,9H2,1-4H3,(H,17,18). The van der Waals surface area contributed by atoms with E-state index in [9.17, 15) is 4.79 Å². The molecule has 0 fully saturated rings. The van der Waals surface area contributed by atoms with Gasteiger partial charge in [-0.05, 0) is 30.0 Å². The fraction of sp³-hybridized carbons (Fsp3) is 0.467. The van der Waals surface area contributed by atoms with Crippen molar-refractivity contribution in [1.29, 1.82) is 5.26 Å². The third-order valence-electron chi connectivity index (χ3n) is 2.75. The molecule has 3 nitrogen and oxygen atoms in total. The van der Waals surface area contributed by atoms with Crippen LogP contribution in [0.4, 0.5) is 5.69 Å². The number of nitriles is 1. The number of nitrogens with zero attached hydrogens (tertiary/aromatic N) is 1. The normalized spacial score (nSPS) is 12.6. The second kappa shape index (κ2) is 5.68. The maximum Gasteiger partial charge on any atom is 0.225 e. The highest BCUT2D eigenvalue weighted by Crippen LogP contribution is 2.23. The van der Waals surface area contributed by atoms with E-state index in [1.807, 2.05) is 30.3 Å². The van der Waals surface area contributed by atoms with E-state index >= 15 is 0 Å². The molecule has 0 radical (unpaired) electrons. The number of carbonyl (C=O) groups is 1. The van der Waals surface area contributed by atoms with Crippen molar-refractivity contribution in [2.75, 3.05) is 5.32 Å². The first-order valence-electron chi connectivity index (χ1n) is 6.13. The van der Waals surface area contributed by atoms with Gasteiger partial charge >= 0.3 is 0 Å². The maximum atomic E-state index is 11.6. The Hall–Kier alpha value is -1.82. The molecule has 1 aromatic rings. The Labute approximate surface area is 109 Å². The molecule has 0 bridgehead atoms. The Bertz CT molecular complexity index is 449. The van der Waals surface area contributed by atoms with Gasteiger partial charge in [0, 0.05) is 12.1 Å². The van der Waals surface area contributed by atoms with Gasteiger partial charge in [0.25, 0.3) is 0 Å². The Balaban J connectivity index is 2.65. The topological polar surface area (TPSA) is 52.9 Å². The number of carbonyl (C=O) groups excluding carboxylic acids is 1. The van der Waals surface area contributed by atoms with Gasteiger partial charge in [-0.2, -0.15) is 5.26 Å². The summed E-state index contributed by atoms with van der Waals surface area (Å²) in [5.74, 6) is -0.369. The summed E-state index contributed by atoms with van der Waals surface area (Å²) in [4.78, 5) is 11.6. The molecule has 1 rings (SSSR count). The summed E-state index contributed by atoms with van der Waals surface area (Å²) in [6, 6.07) is 9.88. The van der Waals surface area contributed by atoms with Crippen molar-refractivity contribution < 1.29 is 4.79 Å². The largest absolute Gasteiger partial charge is 0.326 e. The van der Waals surface area contributed by atoms with E-state index in [1.165, 1.54) is 5.56 Å². The number of benzene rings is 1. The second-order valence-electron chi connectivity index (χ2n) is 5.61. The number of nitrogens with one attached hydrogen (secondary N) is 1. The first kappa shape index (κ1) is 14.2. The summed E-state index contributed by atoms with van der Waals surface area (Å²) in [6.45, 7) is 8.18. The highest BCUT2D eigenvalue weighted by atomic mass is 16.1. The molecule has 1 unspecified atom stereocenters. The van der Waals surface area contributed by atoms with Crippen LogP contribution < -0.4 is 5.32 Å². The van der Waals surface area contributed by atoms with Gasteiger partial charge in [0.1, 0.15) is 0 Å². The molecular weight excluding hydrogens is 224 g/mol. The predicted octanol–water partition coefficient (Wildman–Crippen LogP) is 3.47. The third kappa shape index (κ3) is 4.21. The quantitative estimate of drug-likeness (QED) is 0.885. The van der Waals surface area contributed by atoms with Gasteiger partial charge in [-0.1, -0.05) is 32.9 Å². The zero-order chi connectivity index (χ0) is 13.8. The lowest BCUT2D eigenvalue weighted by molar-refractivity contribution is -0.116. The van der Waals surface area contributed by atoms with Crippen molar-refractivity contribution in [2.24, 2.45) is 5.92 Å². The van der Waals surface area contributed by atoms with Crippen molar-refractivity contribution in [1.82, 2.24) is 0 Å². The average molecular weight is 244 g/mol. The van der Waals surface area contributed by atoms with Gasteiger partial charge in [-0.25, -0.2) is 0 Å². The van der Waals surface area contributed by atoms with Gasteiger partial charge in [-0.3, -0.25) is 4.79 Å². The smallest absolute Gasteiger partial charge is 0.225 e. The lowest BCUT2D eigenvalue weighted by atomic mass is 9.87. The molecule has 0 aliphatic carbocycles. The van der Waals surface area contributed by atoms with Gasteiger partial charge < -0.3 is 5.32 Å². The summed E-state index contributed by atoms with van der Waals surface area (Å²) in [6.07, 6.45) is 0.234. The molecule has 0 aliphatic heterocycles. The summed E-state index contributed by atoms with van der Waals surface area (Å²) in [5.41, 5.74) is 2.11. The fourth-order valence-corrected chi connectivity index (χ4v) is 1.59. The molecule has 96 valence electrons. The van der Waals surface area contributed by atoms with E-state index < -0.39 is 0 Å². The monoisotopic (exact) mass is 244 g/mol. The Morgan fingerprint density at radius 2 is 1.89 bits per heavy atom. The van der Waals surface area contributed by atoms with Crippen LogP contribution in [0.1, 0.15) is 39.7 Å². The lowest BCUT2D eigenvalue weighted by Gasteiger charge is -2.19. The van der Waals surface area contributed by atoms with Crippen molar-refractivity contribution in [3.63, 3.8) is 0 Å². The molecule has 0 saturated heterocycles. The van der Waals surface area contributed by atoms with E-state index in [0.29, 0.717) is 0 Å². The molecule has 1 atom stereocenters. The Morgan fingerprint density at radius 3 is 2.33 bits per heavy atom. The molecular formula is C15H20N2O. The zero-order valence-corrected chi connectivity index (χ0v) is 11.4. The number of rotatable bonds is 3. The van der Waals surface area contributed by atoms with Crippen LogP contribution in [0, 0.1) is 17.2 Å². The first-order valence-corrected chi connectivity index (χ1v) is 6.13. The Morgan fingerprint density at radius 1 is 1.33 bits per heavy atom. The van der Waals surface area contributed by atoms with Crippen molar-refractivity contribution >= 4 is 11.6 Å². The number of amides is 1. The highest BCUT2D eigenvalue weighted by molar-refractivity contribution is 5.91. The third-order valence-corrected chi connectivity index (χ3v) is 2.75. The van der Waals surface area contributed by atoms with Crippen molar-refractivity contribution in [2.45, 2.75) is 39.5 Å². The molecule has 1 amide bonds. The Kier molecular flexibility index (Phi) is 4.49. The van der Waals surface area contributed by atoms with Gasteiger partial charge in [0.2, 0.25) is 5.91 Å². The molecule has 0 heterocycles. The zero-order valence-electron chi connectivity index (χ0n) is 11.4. The average Bonchev–Trinajstić information content (AvgIpc) is 2.28. The van der Waals surface area contributed by atoms with E-state index in [2.05, 4.69) is 26.1 Å². The van der Waals surface area contributed by atoms with E-state index in [1.54, 1.807) is 6.92 Å². The van der Waals surface area contributed by atoms with Gasteiger partial charge in [0.15, 0.2) is 0 Å². The molecule has 0 spiro atoms. The number of hydrogen-bond donors (Lipinski definition) is 1. The van der Waals surface area contributed by atoms with E-state index in [-0.39, 0.29) is 23.7 Å².